The van der Waals surface area contributed by atoms with Gasteiger partial charge < -0.3 is 15.9 Å². The van der Waals surface area contributed by atoms with Crippen molar-refractivity contribution in [3.8, 4) is 0 Å². The third-order valence-electron chi connectivity index (χ3n) is 3.42. The van der Waals surface area contributed by atoms with E-state index in [1.807, 2.05) is 6.92 Å². The number of nitrogens with zero attached hydrogens (tertiary/aromatic N) is 1. The molecule has 0 amide bonds. The van der Waals surface area contributed by atoms with E-state index in [-0.39, 0.29) is 11.0 Å². The molecule has 3 unspecified atom stereocenters. The smallest absolute Gasteiger partial charge is 0.309 e. The van der Waals surface area contributed by atoms with Crippen LogP contribution < -0.4 is 11.2 Å². The molecule has 0 aromatic rings. The molecule has 1 aliphatic carbocycles. The largest absolute Gasteiger partial charge is 0.481 e. The van der Waals surface area contributed by atoms with Gasteiger partial charge in [0.15, 0.2) is 5.11 Å². The highest BCUT2D eigenvalue weighted by molar-refractivity contribution is 7.80. The molecule has 0 heterocycles. The van der Waals surface area contributed by atoms with Crippen molar-refractivity contribution in [2.45, 2.75) is 45.1 Å². The van der Waals surface area contributed by atoms with Crippen LogP contribution in [0.3, 0.4) is 0 Å². The van der Waals surface area contributed by atoms with Gasteiger partial charge in [-0.05, 0) is 37.9 Å². The molecule has 0 radical (unpaired) electrons. The van der Waals surface area contributed by atoms with Crippen molar-refractivity contribution in [3.05, 3.63) is 0 Å². The Morgan fingerprint density at radius 1 is 1.53 bits per heavy atom. The Morgan fingerprint density at radius 2 is 2.21 bits per heavy atom. The van der Waals surface area contributed by atoms with Gasteiger partial charge in [-0.15, -0.1) is 0 Å². The first-order chi connectivity index (χ1) is 8.95. The van der Waals surface area contributed by atoms with Crippen LogP contribution in [0, 0.1) is 11.8 Å². The third kappa shape index (κ3) is 4.76. The third-order valence-corrected chi connectivity index (χ3v) is 3.51. The predicted octanol–water partition coefficient (Wildman–Crippen LogP) is 0.837. The van der Waals surface area contributed by atoms with E-state index in [1.54, 1.807) is 0 Å². The van der Waals surface area contributed by atoms with Crippen molar-refractivity contribution in [1.29, 1.82) is 0 Å². The molecule has 0 aliphatic heterocycles. The summed E-state index contributed by atoms with van der Waals surface area (Å²) in [7, 11) is 0. The Labute approximate surface area is 118 Å². The highest BCUT2D eigenvalue weighted by Gasteiger charge is 2.35. The summed E-state index contributed by atoms with van der Waals surface area (Å²) >= 11 is 4.71. The molecular weight excluding hydrogens is 266 g/mol. The van der Waals surface area contributed by atoms with E-state index in [4.69, 9.17) is 23.1 Å². The highest BCUT2D eigenvalue weighted by Crippen LogP contribution is 2.31. The molecule has 19 heavy (non-hydrogen) atoms. The fourth-order valence-electron chi connectivity index (χ4n) is 2.46. The van der Waals surface area contributed by atoms with Crippen LogP contribution in [-0.4, -0.2) is 33.1 Å². The molecule has 0 aromatic heterocycles. The van der Waals surface area contributed by atoms with Gasteiger partial charge in [0.25, 0.3) is 0 Å². The lowest BCUT2D eigenvalue weighted by Crippen LogP contribution is -2.38. The Morgan fingerprint density at radius 3 is 2.74 bits per heavy atom. The fourth-order valence-corrected chi connectivity index (χ4v) is 2.50. The summed E-state index contributed by atoms with van der Waals surface area (Å²) < 4.78 is 0. The topological polar surface area (TPSA) is 108 Å². The van der Waals surface area contributed by atoms with Crippen LogP contribution in [0.15, 0.2) is 5.10 Å². The van der Waals surface area contributed by atoms with Crippen molar-refractivity contribution in [2.75, 3.05) is 0 Å². The van der Waals surface area contributed by atoms with E-state index >= 15 is 0 Å². The lowest BCUT2D eigenvalue weighted by atomic mass is 9.76. The van der Waals surface area contributed by atoms with Crippen LogP contribution in [0.25, 0.3) is 0 Å². The molecule has 1 rings (SSSR count). The lowest BCUT2D eigenvalue weighted by molar-refractivity contribution is -0.147. The van der Waals surface area contributed by atoms with Gasteiger partial charge in [-0.2, -0.15) is 5.10 Å². The number of thiocarbonyl (C=S) groups is 1. The van der Waals surface area contributed by atoms with Gasteiger partial charge in [0.1, 0.15) is 0 Å². The summed E-state index contributed by atoms with van der Waals surface area (Å²) in [5, 5.41) is 23.1. The summed E-state index contributed by atoms with van der Waals surface area (Å²) in [6.45, 7) is 2.03. The number of hydrogen-bond donors (Lipinski definition) is 4. The van der Waals surface area contributed by atoms with Gasteiger partial charge in [-0.1, -0.05) is 13.3 Å². The SMILES string of the molecule is CCC/C(=N\NC(N)=S)C1CCC(O)C(C(=O)O)C1. The Balaban J connectivity index is 2.76. The van der Waals surface area contributed by atoms with Crippen molar-refractivity contribution >= 4 is 29.0 Å². The number of hydrazone groups is 1. The maximum absolute atomic E-state index is 11.1. The molecule has 1 saturated carbocycles. The zero-order valence-electron chi connectivity index (χ0n) is 11.0. The number of carboxylic acids is 1. The number of aliphatic hydroxyl groups is 1. The second kappa shape index (κ2) is 7.40. The zero-order valence-corrected chi connectivity index (χ0v) is 11.8. The molecule has 1 aliphatic rings. The van der Waals surface area contributed by atoms with E-state index in [2.05, 4.69) is 10.5 Å². The molecular formula is C12H21N3O3S. The van der Waals surface area contributed by atoms with Crippen LogP contribution in [0.2, 0.25) is 0 Å². The maximum atomic E-state index is 11.1. The van der Waals surface area contributed by atoms with Crippen LogP contribution >= 0.6 is 12.2 Å². The van der Waals surface area contributed by atoms with Crippen LogP contribution in [-0.2, 0) is 4.79 Å². The number of rotatable bonds is 5. The van der Waals surface area contributed by atoms with E-state index in [0.29, 0.717) is 12.8 Å². The first-order valence-electron chi connectivity index (χ1n) is 6.48. The van der Waals surface area contributed by atoms with Crippen molar-refractivity contribution in [2.24, 2.45) is 22.7 Å². The second-order valence-electron chi connectivity index (χ2n) is 4.85. The number of aliphatic carboxylic acids is 1. The number of nitrogens with one attached hydrogen (secondary N) is 1. The summed E-state index contributed by atoms with van der Waals surface area (Å²) in [6.07, 6.45) is 2.55. The predicted molar refractivity (Wildman–Crippen MR) is 76.7 cm³/mol. The molecule has 0 spiro atoms. The van der Waals surface area contributed by atoms with Crippen LogP contribution in [0.1, 0.15) is 39.0 Å². The molecule has 1 fully saturated rings. The van der Waals surface area contributed by atoms with Crippen molar-refractivity contribution < 1.29 is 15.0 Å². The molecule has 0 bridgehead atoms. The molecule has 0 aromatic carbocycles. The molecule has 0 saturated heterocycles. The fraction of sp³-hybridized carbons (Fsp3) is 0.750. The van der Waals surface area contributed by atoms with Gasteiger partial charge >= 0.3 is 5.97 Å². The quantitative estimate of drug-likeness (QED) is 0.339. The summed E-state index contributed by atoms with van der Waals surface area (Å²) in [6, 6.07) is 0. The van der Waals surface area contributed by atoms with Gasteiger partial charge in [-0.25, -0.2) is 0 Å². The molecule has 6 nitrogen and oxygen atoms in total. The van der Waals surface area contributed by atoms with E-state index in [9.17, 15) is 9.90 Å². The van der Waals surface area contributed by atoms with E-state index < -0.39 is 18.0 Å². The van der Waals surface area contributed by atoms with Gasteiger partial charge in [-0.3, -0.25) is 10.2 Å². The van der Waals surface area contributed by atoms with Gasteiger partial charge in [0.05, 0.1) is 12.0 Å². The molecule has 7 heteroatoms. The maximum Gasteiger partial charge on any atom is 0.309 e. The van der Waals surface area contributed by atoms with Gasteiger partial charge in [0.2, 0.25) is 0 Å². The number of nitrogens with two attached hydrogens (primary N) is 1. The summed E-state index contributed by atoms with van der Waals surface area (Å²) in [5.74, 6) is -1.60. The number of aliphatic hydroxyl groups excluding tert-OH is 1. The summed E-state index contributed by atoms with van der Waals surface area (Å²) in [5.41, 5.74) is 8.80. The van der Waals surface area contributed by atoms with E-state index in [0.717, 1.165) is 25.0 Å². The Kier molecular flexibility index (Phi) is 6.17. The average Bonchev–Trinajstić information content (AvgIpc) is 2.34. The average molecular weight is 287 g/mol. The first-order valence-corrected chi connectivity index (χ1v) is 6.89. The minimum absolute atomic E-state index is 0.0614. The second-order valence-corrected chi connectivity index (χ2v) is 5.29. The molecule has 3 atom stereocenters. The highest BCUT2D eigenvalue weighted by atomic mass is 32.1. The van der Waals surface area contributed by atoms with Gasteiger partial charge in [0, 0.05) is 11.6 Å². The zero-order chi connectivity index (χ0) is 14.4. The monoisotopic (exact) mass is 287 g/mol. The van der Waals surface area contributed by atoms with E-state index in [1.165, 1.54) is 0 Å². The number of hydrogen-bond acceptors (Lipinski definition) is 4. The lowest BCUT2D eigenvalue weighted by Gasteiger charge is -2.31. The Bertz CT molecular complexity index is 373. The van der Waals surface area contributed by atoms with Crippen LogP contribution in [0.5, 0.6) is 0 Å². The van der Waals surface area contributed by atoms with Crippen molar-refractivity contribution in [1.82, 2.24) is 5.43 Å². The number of carboxylic acid groups (broad SMARTS) is 1. The van der Waals surface area contributed by atoms with Crippen LogP contribution in [0.4, 0.5) is 0 Å². The summed E-state index contributed by atoms with van der Waals surface area (Å²) in [4.78, 5) is 11.1. The van der Waals surface area contributed by atoms with Crippen molar-refractivity contribution in [3.63, 3.8) is 0 Å². The Hall–Kier alpha value is -1.21. The minimum atomic E-state index is -0.949. The molecule has 5 N–H and O–H groups in total. The first kappa shape index (κ1) is 15.8. The number of carbonyl (C=O) groups is 1. The standard InChI is InChI=1S/C12H21N3O3S/c1-2-3-9(14-15-12(13)19)7-4-5-10(16)8(6-7)11(17)18/h7-8,10,16H,2-6H2,1H3,(H,17,18)(H3,13,15,19)/b14-9+. The normalized spacial score (nSPS) is 27.9. The molecule has 108 valence electrons. The minimum Gasteiger partial charge on any atom is -0.481 e.